The normalized spacial score (nSPS) is 14.5. The molecule has 2 N–H and O–H groups in total. The summed E-state index contributed by atoms with van der Waals surface area (Å²) in [5.74, 6) is 1.98. The third-order valence-electron chi connectivity index (χ3n) is 4.59. The van der Waals surface area contributed by atoms with Gasteiger partial charge in [0.15, 0.2) is 5.16 Å². The first-order valence-corrected chi connectivity index (χ1v) is 10.6. The number of nitrogens with two attached hydrogens (primary N) is 1. The van der Waals surface area contributed by atoms with Gasteiger partial charge in [-0.2, -0.15) is 0 Å². The average Bonchev–Trinajstić information content (AvgIpc) is 3.15. The Morgan fingerprint density at radius 1 is 1.27 bits per heavy atom. The summed E-state index contributed by atoms with van der Waals surface area (Å²) >= 11 is 3.36. The van der Waals surface area contributed by atoms with E-state index in [2.05, 4.69) is 15.2 Å². The van der Waals surface area contributed by atoms with Gasteiger partial charge in [-0.25, -0.2) is 9.97 Å². The Bertz CT molecular complexity index is 906. The maximum Gasteiger partial charge on any atom is 0.191 e. The Kier molecular flexibility index (Phi) is 5.37. The van der Waals surface area contributed by atoms with Gasteiger partial charge in [0.2, 0.25) is 0 Å². The molecule has 1 aliphatic carbocycles. The number of aromatic nitrogens is 5. The van der Waals surface area contributed by atoms with Crippen LogP contribution in [0.25, 0.3) is 10.2 Å². The van der Waals surface area contributed by atoms with Gasteiger partial charge >= 0.3 is 0 Å². The van der Waals surface area contributed by atoms with Gasteiger partial charge in [0.1, 0.15) is 22.8 Å². The van der Waals surface area contributed by atoms with Crippen molar-refractivity contribution in [1.82, 2.24) is 24.7 Å². The lowest BCUT2D eigenvalue weighted by Crippen LogP contribution is -2.05. The fraction of sp³-hybridized carbons (Fsp3) is 0.529. The predicted octanol–water partition coefficient (Wildman–Crippen LogP) is 3.07. The number of anilines is 1. The van der Waals surface area contributed by atoms with Gasteiger partial charge in [0, 0.05) is 18.5 Å². The Morgan fingerprint density at radius 2 is 2.15 bits per heavy atom. The summed E-state index contributed by atoms with van der Waals surface area (Å²) in [5.41, 5.74) is 7.71. The van der Waals surface area contributed by atoms with Crippen LogP contribution in [0.15, 0.2) is 11.5 Å². The van der Waals surface area contributed by atoms with Crippen molar-refractivity contribution in [3.63, 3.8) is 0 Å². The summed E-state index contributed by atoms with van der Waals surface area (Å²) in [5, 5.41) is 10.1. The molecule has 0 bridgehead atoms. The highest BCUT2D eigenvalue weighted by Gasteiger charge is 2.19. The number of nitrogen functional groups attached to an aromatic ring is 1. The molecule has 0 unspecified atom stereocenters. The van der Waals surface area contributed by atoms with E-state index in [1.54, 1.807) is 36.5 Å². The van der Waals surface area contributed by atoms with Gasteiger partial charge in [-0.05, 0) is 31.2 Å². The molecular weight excluding hydrogens is 368 g/mol. The molecule has 138 valence electrons. The van der Waals surface area contributed by atoms with Crippen molar-refractivity contribution in [1.29, 1.82) is 0 Å². The second-order valence-electron chi connectivity index (χ2n) is 6.36. The summed E-state index contributed by atoms with van der Waals surface area (Å²) in [7, 11) is 1.69. The summed E-state index contributed by atoms with van der Waals surface area (Å²) in [6.07, 6.45) is 7.74. The zero-order valence-corrected chi connectivity index (χ0v) is 16.4. The highest BCUT2D eigenvalue weighted by molar-refractivity contribution is 7.98. The standard InChI is InChI=1S/C17H22N6OS2/c1-24-8-7-23-10-19-22-17(23)25-9-13-20-15(18)14-11-5-3-2-4-6-12(11)26-16(14)21-13/h10H,2-9H2,1H3,(H2,18,20,21). The number of fused-ring (bicyclic) bond motifs is 3. The topological polar surface area (TPSA) is 91.7 Å². The minimum atomic E-state index is 0.617. The van der Waals surface area contributed by atoms with Gasteiger partial charge in [0.25, 0.3) is 0 Å². The van der Waals surface area contributed by atoms with Crippen molar-refractivity contribution in [2.45, 2.75) is 49.6 Å². The van der Waals surface area contributed by atoms with E-state index >= 15 is 0 Å². The van der Waals surface area contributed by atoms with Crippen molar-refractivity contribution in [3.05, 3.63) is 22.6 Å². The van der Waals surface area contributed by atoms with Crippen molar-refractivity contribution in [2.75, 3.05) is 19.5 Å². The van der Waals surface area contributed by atoms with Crippen molar-refractivity contribution in [3.8, 4) is 0 Å². The Hall–Kier alpha value is -1.71. The highest BCUT2D eigenvalue weighted by atomic mass is 32.2. The number of ether oxygens (including phenoxy) is 1. The second kappa shape index (κ2) is 7.89. The van der Waals surface area contributed by atoms with Crippen LogP contribution in [0.1, 0.15) is 35.5 Å². The lowest BCUT2D eigenvalue weighted by molar-refractivity contribution is 0.184. The van der Waals surface area contributed by atoms with Crippen LogP contribution >= 0.6 is 23.1 Å². The molecule has 0 aliphatic heterocycles. The van der Waals surface area contributed by atoms with E-state index in [4.69, 9.17) is 15.5 Å². The number of hydrogen-bond acceptors (Lipinski definition) is 8. The Morgan fingerprint density at radius 3 is 3.04 bits per heavy atom. The number of thiophene rings is 1. The first-order valence-electron chi connectivity index (χ1n) is 8.82. The number of hydrogen-bond donors (Lipinski definition) is 1. The maximum absolute atomic E-state index is 6.32. The number of methoxy groups -OCH3 is 1. The minimum absolute atomic E-state index is 0.617. The van der Waals surface area contributed by atoms with Gasteiger partial charge in [-0.15, -0.1) is 21.5 Å². The van der Waals surface area contributed by atoms with Gasteiger partial charge in [-0.1, -0.05) is 18.2 Å². The van der Waals surface area contributed by atoms with Crippen LogP contribution in [0.3, 0.4) is 0 Å². The van der Waals surface area contributed by atoms with E-state index in [1.807, 2.05) is 4.57 Å². The fourth-order valence-corrected chi connectivity index (χ4v) is 5.39. The summed E-state index contributed by atoms with van der Waals surface area (Å²) in [6, 6.07) is 0. The van der Waals surface area contributed by atoms with Crippen LogP contribution in [0.2, 0.25) is 0 Å². The molecule has 7 nitrogen and oxygen atoms in total. The van der Waals surface area contributed by atoms with E-state index in [9.17, 15) is 0 Å². The molecule has 9 heteroatoms. The van der Waals surface area contributed by atoms with Crippen molar-refractivity contribution in [2.24, 2.45) is 0 Å². The van der Waals surface area contributed by atoms with E-state index in [-0.39, 0.29) is 0 Å². The molecule has 0 atom stereocenters. The van der Waals surface area contributed by atoms with E-state index in [0.29, 0.717) is 18.2 Å². The molecule has 0 amide bonds. The smallest absolute Gasteiger partial charge is 0.191 e. The third kappa shape index (κ3) is 3.56. The average molecular weight is 391 g/mol. The minimum Gasteiger partial charge on any atom is -0.383 e. The SMILES string of the molecule is COCCn1cnnc1SCc1nc(N)c2c3c(sc2n1)CCCCC3. The zero-order chi connectivity index (χ0) is 17.9. The number of aryl methyl sites for hydroxylation is 2. The molecule has 0 radical (unpaired) electrons. The summed E-state index contributed by atoms with van der Waals surface area (Å²) in [6.45, 7) is 1.35. The molecular formula is C17H22N6OS2. The number of rotatable bonds is 6. The monoisotopic (exact) mass is 390 g/mol. The molecule has 0 aromatic carbocycles. The van der Waals surface area contributed by atoms with E-state index in [1.165, 1.54) is 29.7 Å². The molecule has 0 saturated heterocycles. The number of nitrogens with zero attached hydrogens (tertiary/aromatic N) is 5. The van der Waals surface area contributed by atoms with E-state index in [0.717, 1.165) is 40.6 Å². The first-order chi connectivity index (χ1) is 12.8. The van der Waals surface area contributed by atoms with Crippen LogP contribution in [-0.2, 0) is 29.9 Å². The molecule has 1 aliphatic rings. The van der Waals surface area contributed by atoms with Gasteiger partial charge in [-0.3, -0.25) is 0 Å². The van der Waals surface area contributed by atoms with Crippen molar-refractivity contribution >= 4 is 39.1 Å². The molecule has 26 heavy (non-hydrogen) atoms. The summed E-state index contributed by atoms with van der Waals surface area (Å²) in [4.78, 5) is 11.8. The highest BCUT2D eigenvalue weighted by Crippen LogP contribution is 2.37. The van der Waals surface area contributed by atoms with Crippen LogP contribution in [0, 0.1) is 0 Å². The number of thioether (sulfide) groups is 1. The Balaban J connectivity index is 1.55. The van der Waals surface area contributed by atoms with Crippen molar-refractivity contribution < 1.29 is 4.74 Å². The van der Waals surface area contributed by atoms with E-state index < -0.39 is 0 Å². The molecule has 0 fully saturated rings. The predicted molar refractivity (Wildman–Crippen MR) is 105 cm³/mol. The lowest BCUT2D eigenvalue weighted by Gasteiger charge is -2.06. The molecule has 3 aromatic heterocycles. The second-order valence-corrected chi connectivity index (χ2v) is 8.38. The van der Waals surface area contributed by atoms with Crippen LogP contribution in [0.5, 0.6) is 0 Å². The largest absolute Gasteiger partial charge is 0.383 e. The zero-order valence-electron chi connectivity index (χ0n) is 14.8. The third-order valence-corrected chi connectivity index (χ3v) is 6.75. The molecule has 4 rings (SSSR count). The summed E-state index contributed by atoms with van der Waals surface area (Å²) < 4.78 is 7.10. The van der Waals surface area contributed by atoms with Crippen LogP contribution < -0.4 is 5.73 Å². The Labute approximate surface area is 160 Å². The lowest BCUT2D eigenvalue weighted by atomic mass is 10.1. The fourth-order valence-electron chi connectivity index (χ4n) is 3.30. The molecule has 3 aromatic rings. The molecule has 0 saturated carbocycles. The first kappa shape index (κ1) is 17.7. The molecule has 0 spiro atoms. The quantitative estimate of drug-likeness (QED) is 0.511. The molecule has 3 heterocycles. The van der Waals surface area contributed by atoms with Crippen LogP contribution in [-0.4, -0.2) is 38.4 Å². The maximum atomic E-state index is 6.32. The van der Waals surface area contributed by atoms with Crippen LogP contribution in [0.4, 0.5) is 5.82 Å². The van der Waals surface area contributed by atoms with Gasteiger partial charge < -0.3 is 15.0 Å². The van der Waals surface area contributed by atoms with Gasteiger partial charge in [0.05, 0.1) is 17.7 Å².